The molecule has 2 aromatic carbocycles. The average molecular weight is 526 g/mol. The van der Waals surface area contributed by atoms with E-state index in [0.717, 1.165) is 6.42 Å². The van der Waals surface area contributed by atoms with Crippen LogP contribution in [0.15, 0.2) is 48.8 Å². The predicted molar refractivity (Wildman–Crippen MR) is 138 cm³/mol. The van der Waals surface area contributed by atoms with E-state index in [4.69, 9.17) is 21.1 Å². The Kier molecular flexibility index (Phi) is 7.20. The third kappa shape index (κ3) is 5.65. The standard InChI is InChI=1S/C26H25ClFN5O4/c1-33-16(4-7-25(33)35)3-6-24(34)32-22-11-18-21(12-23(22)37-17-8-9-36-13-17)29-14-30-26(18)31-15-2-5-20(28)19(27)10-15/h2-3,5-6,10-12,14,16-17H,4,7-9,13H2,1H3,(H,32,34)(H,29,30,31)/t16?,17-/m0/s1. The minimum atomic E-state index is -0.524. The van der Waals surface area contributed by atoms with Gasteiger partial charge in [-0.05, 0) is 30.7 Å². The highest BCUT2D eigenvalue weighted by Gasteiger charge is 2.25. The highest BCUT2D eigenvalue weighted by molar-refractivity contribution is 6.31. The zero-order valence-corrected chi connectivity index (χ0v) is 20.8. The summed E-state index contributed by atoms with van der Waals surface area (Å²) in [6.45, 7) is 1.06. The second-order valence-corrected chi connectivity index (χ2v) is 9.31. The third-order valence-corrected chi connectivity index (χ3v) is 6.66. The Labute approximate surface area is 217 Å². The number of nitrogens with one attached hydrogen (secondary N) is 2. The van der Waals surface area contributed by atoms with Crippen molar-refractivity contribution in [2.45, 2.75) is 31.4 Å². The normalized spacial score (nSPS) is 19.6. The molecule has 0 spiro atoms. The summed E-state index contributed by atoms with van der Waals surface area (Å²) in [6.07, 6.45) is 6.27. The average Bonchev–Trinajstić information content (AvgIpc) is 3.50. The molecule has 192 valence electrons. The number of fused-ring (bicyclic) bond motifs is 1. The Morgan fingerprint density at radius 2 is 2.14 bits per heavy atom. The molecule has 0 aliphatic carbocycles. The van der Waals surface area contributed by atoms with E-state index in [-0.39, 0.29) is 29.0 Å². The van der Waals surface area contributed by atoms with Crippen molar-refractivity contribution in [2.24, 2.45) is 0 Å². The fraction of sp³-hybridized carbons (Fsp3) is 0.308. The van der Waals surface area contributed by atoms with Gasteiger partial charge in [0.25, 0.3) is 0 Å². The summed E-state index contributed by atoms with van der Waals surface area (Å²) in [7, 11) is 1.73. The molecule has 1 unspecified atom stereocenters. The molecule has 2 amide bonds. The van der Waals surface area contributed by atoms with Crippen molar-refractivity contribution in [3.05, 3.63) is 59.7 Å². The molecule has 2 aliphatic rings. The van der Waals surface area contributed by atoms with Gasteiger partial charge in [-0.1, -0.05) is 17.7 Å². The molecular formula is C26H25ClFN5O4. The number of hydrogen-bond acceptors (Lipinski definition) is 7. The van der Waals surface area contributed by atoms with Crippen LogP contribution in [0.2, 0.25) is 5.02 Å². The summed E-state index contributed by atoms with van der Waals surface area (Å²) in [5.41, 5.74) is 1.55. The number of likely N-dealkylation sites (tertiary alicyclic amines) is 1. The fourth-order valence-electron chi connectivity index (χ4n) is 4.30. The molecular weight excluding hydrogens is 501 g/mol. The Morgan fingerprint density at radius 3 is 2.86 bits per heavy atom. The number of benzene rings is 2. The van der Waals surface area contributed by atoms with Crippen molar-refractivity contribution in [3.8, 4) is 5.75 Å². The Morgan fingerprint density at radius 1 is 1.27 bits per heavy atom. The topological polar surface area (TPSA) is 106 Å². The lowest BCUT2D eigenvalue weighted by Gasteiger charge is -2.18. The largest absolute Gasteiger partial charge is 0.486 e. The summed E-state index contributed by atoms with van der Waals surface area (Å²) in [5, 5.41) is 6.61. The van der Waals surface area contributed by atoms with Crippen molar-refractivity contribution in [2.75, 3.05) is 30.9 Å². The molecule has 2 aliphatic heterocycles. The van der Waals surface area contributed by atoms with Crippen LogP contribution in [0.3, 0.4) is 0 Å². The number of amides is 2. The maximum absolute atomic E-state index is 13.6. The van der Waals surface area contributed by atoms with Crippen LogP contribution in [0.1, 0.15) is 19.3 Å². The van der Waals surface area contributed by atoms with Gasteiger partial charge < -0.3 is 25.0 Å². The Bertz CT molecular complexity index is 1380. The lowest BCUT2D eigenvalue weighted by atomic mass is 10.1. The Balaban J connectivity index is 1.45. The van der Waals surface area contributed by atoms with E-state index >= 15 is 0 Å². The van der Waals surface area contributed by atoms with Crippen LogP contribution in [0.5, 0.6) is 5.75 Å². The molecule has 9 nitrogen and oxygen atoms in total. The molecule has 2 atom stereocenters. The SMILES string of the molecule is CN1C(=O)CCC1C=CC(=O)Nc1cc2c(Nc3ccc(F)c(Cl)c3)ncnc2cc1O[C@H]1CCOC1. The van der Waals surface area contributed by atoms with Crippen LogP contribution in [-0.2, 0) is 14.3 Å². The molecule has 2 N–H and O–H groups in total. The smallest absolute Gasteiger partial charge is 0.248 e. The predicted octanol–water partition coefficient (Wildman–Crippen LogP) is 4.45. The molecule has 0 saturated carbocycles. The first-order chi connectivity index (χ1) is 17.9. The first kappa shape index (κ1) is 24.9. The lowest BCUT2D eigenvalue weighted by molar-refractivity contribution is -0.127. The maximum atomic E-state index is 13.6. The number of aromatic nitrogens is 2. The molecule has 2 saturated heterocycles. The maximum Gasteiger partial charge on any atom is 0.248 e. The second-order valence-electron chi connectivity index (χ2n) is 8.90. The van der Waals surface area contributed by atoms with Gasteiger partial charge in [0.15, 0.2) is 0 Å². The summed E-state index contributed by atoms with van der Waals surface area (Å²) in [6, 6.07) is 7.61. The molecule has 5 rings (SSSR count). The third-order valence-electron chi connectivity index (χ3n) is 6.37. The van der Waals surface area contributed by atoms with Gasteiger partial charge in [0, 0.05) is 43.1 Å². The zero-order chi connectivity index (χ0) is 25.9. The van der Waals surface area contributed by atoms with Gasteiger partial charge in [-0.2, -0.15) is 0 Å². The zero-order valence-electron chi connectivity index (χ0n) is 20.0. The summed E-state index contributed by atoms with van der Waals surface area (Å²) in [4.78, 5) is 34.9. The molecule has 3 heterocycles. The van der Waals surface area contributed by atoms with Gasteiger partial charge >= 0.3 is 0 Å². The number of hydrogen-bond donors (Lipinski definition) is 2. The number of carbonyl (C=O) groups is 2. The number of halogens is 2. The number of likely N-dealkylation sites (N-methyl/N-ethyl adjacent to an activating group) is 1. The molecule has 0 radical (unpaired) electrons. The minimum Gasteiger partial charge on any atom is -0.486 e. The highest BCUT2D eigenvalue weighted by atomic mass is 35.5. The van der Waals surface area contributed by atoms with Gasteiger partial charge in [-0.3, -0.25) is 9.59 Å². The van der Waals surface area contributed by atoms with Gasteiger partial charge in [0.2, 0.25) is 11.8 Å². The lowest BCUT2D eigenvalue weighted by Crippen LogP contribution is -2.27. The van der Waals surface area contributed by atoms with Crippen LogP contribution in [0, 0.1) is 5.82 Å². The van der Waals surface area contributed by atoms with Crippen molar-refractivity contribution >= 4 is 51.5 Å². The first-order valence-corrected chi connectivity index (χ1v) is 12.3. The van der Waals surface area contributed by atoms with E-state index in [1.165, 1.54) is 24.5 Å². The van der Waals surface area contributed by atoms with Crippen molar-refractivity contribution < 1.29 is 23.5 Å². The van der Waals surface area contributed by atoms with Gasteiger partial charge in [-0.25, -0.2) is 14.4 Å². The highest BCUT2D eigenvalue weighted by Crippen LogP contribution is 2.35. The number of nitrogens with zero attached hydrogens (tertiary/aromatic N) is 3. The summed E-state index contributed by atoms with van der Waals surface area (Å²) < 4.78 is 25.2. The number of ether oxygens (including phenoxy) is 2. The van der Waals surface area contributed by atoms with Crippen molar-refractivity contribution in [1.29, 1.82) is 0 Å². The van der Waals surface area contributed by atoms with Gasteiger partial charge in [-0.15, -0.1) is 0 Å². The fourth-order valence-corrected chi connectivity index (χ4v) is 4.48. The number of anilines is 3. The van der Waals surface area contributed by atoms with Crippen LogP contribution < -0.4 is 15.4 Å². The van der Waals surface area contributed by atoms with Gasteiger partial charge in [0.1, 0.15) is 29.8 Å². The van der Waals surface area contributed by atoms with Crippen LogP contribution >= 0.6 is 11.6 Å². The molecule has 2 fully saturated rings. The number of carbonyl (C=O) groups excluding carboxylic acids is 2. The van der Waals surface area contributed by atoms with Crippen LogP contribution in [-0.4, -0.2) is 59.1 Å². The van der Waals surface area contributed by atoms with Crippen LogP contribution in [0.25, 0.3) is 10.9 Å². The van der Waals surface area contributed by atoms with Crippen molar-refractivity contribution in [3.63, 3.8) is 0 Å². The molecule has 1 aromatic heterocycles. The molecule has 3 aromatic rings. The van der Waals surface area contributed by atoms with E-state index in [0.29, 0.717) is 59.9 Å². The molecule has 11 heteroatoms. The minimum absolute atomic E-state index is 0.0211. The van der Waals surface area contributed by atoms with E-state index < -0.39 is 5.82 Å². The number of rotatable bonds is 7. The first-order valence-electron chi connectivity index (χ1n) is 11.9. The quantitative estimate of drug-likeness (QED) is 0.439. The van der Waals surface area contributed by atoms with Crippen molar-refractivity contribution in [1.82, 2.24) is 14.9 Å². The van der Waals surface area contributed by atoms with Crippen LogP contribution in [0.4, 0.5) is 21.6 Å². The summed E-state index contributed by atoms with van der Waals surface area (Å²) >= 11 is 5.93. The molecule has 37 heavy (non-hydrogen) atoms. The molecule has 0 bridgehead atoms. The Hall–Kier alpha value is -3.76. The van der Waals surface area contributed by atoms with E-state index in [9.17, 15) is 14.0 Å². The van der Waals surface area contributed by atoms with Gasteiger partial charge in [0.05, 0.1) is 35.5 Å². The summed E-state index contributed by atoms with van der Waals surface area (Å²) in [5.74, 6) is 0.0643. The van der Waals surface area contributed by atoms with E-state index in [1.807, 2.05) is 0 Å². The second kappa shape index (κ2) is 10.7. The van der Waals surface area contributed by atoms with E-state index in [1.54, 1.807) is 36.2 Å². The monoisotopic (exact) mass is 525 g/mol. The van der Waals surface area contributed by atoms with E-state index in [2.05, 4.69) is 20.6 Å².